The van der Waals surface area contributed by atoms with Crippen LogP contribution in [0, 0.1) is 0 Å². The number of carbonyl (C=O) groups excluding carboxylic acids is 2. The van der Waals surface area contributed by atoms with Crippen LogP contribution in [-0.4, -0.2) is 86.1 Å². The molecule has 0 radical (unpaired) electrons. The molecular weight excluding hydrogens is 717 g/mol. The van der Waals surface area contributed by atoms with Crippen LogP contribution in [-0.2, 0) is 32.7 Å². The quantitative estimate of drug-likeness (QED) is 0.0157. The predicted molar refractivity (Wildman–Crippen MR) is 226 cm³/mol. The highest BCUT2D eigenvalue weighted by atomic mass is 31.2. The Morgan fingerprint density at radius 1 is 0.655 bits per heavy atom. The number of aliphatic hydroxyl groups is 1. The van der Waals surface area contributed by atoms with E-state index < -0.39 is 38.6 Å². The Morgan fingerprint density at radius 2 is 1.20 bits per heavy atom. The molecule has 2 unspecified atom stereocenters. The fraction of sp³-hybridized carbons (Fsp3) is 0.773. The van der Waals surface area contributed by atoms with E-state index in [0.29, 0.717) is 30.3 Å². The molecule has 55 heavy (non-hydrogen) atoms. The van der Waals surface area contributed by atoms with Gasteiger partial charge in [-0.25, -0.2) is 4.57 Å². The number of ether oxygens (including phenoxy) is 2. The summed E-state index contributed by atoms with van der Waals surface area (Å²) < 4.78 is 34.2. The Balaban J connectivity index is 4.46. The summed E-state index contributed by atoms with van der Waals surface area (Å²) in [7, 11) is 1.42. The topological polar surface area (TPSA) is 129 Å². The van der Waals surface area contributed by atoms with Gasteiger partial charge in [-0.3, -0.25) is 18.6 Å². The van der Waals surface area contributed by atoms with Gasteiger partial charge in [0.15, 0.2) is 6.10 Å². The summed E-state index contributed by atoms with van der Waals surface area (Å²) >= 11 is 0. The first kappa shape index (κ1) is 52.9. The molecule has 0 spiro atoms. The molecule has 0 aliphatic carbocycles. The van der Waals surface area contributed by atoms with Crippen molar-refractivity contribution < 1.29 is 47.2 Å². The molecule has 3 atom stereocenters. The van der Waals surface area contributed by atoms with E-state index in [1.54, 1.807) is 6.08 Å². The second-order valence-electron chi connectivity index (χ2n) is 15.5. The van der Waals surface area contributed by atoms with Crippen molar-refractivity contribution in [2.75, 3.05) is 47.5 Å². The van der Waals surface area contributed by atoms with E-state index in [9.17, 15) is 24.2 Å². The van der Waals surface area contributed by atoms with E-state index >= 15 is 0 Å². The highest BCUT2D eigenvalue weighted by Gasteiger charge is 2.27. The Bertz CT molecular complexity index is 1100. The number of nitrogens with zero attached hydrogens (tertiary/aromatic N) is 1. The van der Waals surface area contributed by atoms with Gasteiger partial charge >= 0.3 is 19.8 Å². The summed E-state index contributed by atoms with van der Waals surface area (Å²) in [4.78, 5) is 35.3. The number of hydrogen-bond acceptors (Lipinski definition) is 8. The van der Waals surface area contributed by atoms with Gasteiger partial charge in [0.05, 0.1) is 33.9 Å². The number of quaternary nitrogens is 1. The summed E-state index contributed by atoms with van der Waals surface area (Å²) in [6.45, 7) is 4.14. The van der Waals surface area contributed by atoms with Gasteiger partial charge in [0.2, 0.25) is 0 Å². The van der Waals surface area contributed by atoms with Crippen LogP contribution in [0.25, 0.3) is 0 Å². The summed E-state index contributed by atoms with van der Waals surface area (Å²) in [6.07, 6.45) is 37.7. The van der Waals surface area contributed by atoms with Gasteiger partial charge in [-0.2, -0.15) is 0 Å². The number of esters is 2. The number of aliphatic hydroxyl groups excluding tert-OH is 1. The van der Waals surface area contributed by atoms with Crippen molar-refractivity contribution in [1.29, 1.82) is 0 Å². The minimum atomic E-state index is -4.39. The van der Waals surface area contributed by atoms with Crippen molar-refractivity contribution in [3.05, 3.63) is 48.6 Å². The van der Waals surface area contributed by atoms with Gasteiger partial charge in [-0.15, -0.1) is 0 Å². The van der Waals surface area contributed by atoms with E-state index in [-0.39, 0.29) is 26.1 Å². The molecule has 0 saturated carbocycles. The lowest BCUT2D eigenvalue weighted by molar-refractivity contribution is -0.870. The van der Waals surface area contributed by atoms with Crippen LogP contribution in [0.4, 0.5) is 0 Å². The van der Waals surface area contributed by atoms with Crippen LogP contribution < -0.4 is 0 Å². The molecule has 0 aromatic carbocycles. The lowest BCUT2D eigenvalue weighted by Gasteiger charge is -2.24. The molecule has 0 saturated heterocycles. The molecule has 0 aromatic heterocycles. The monoisotopic (exact) mass is 799 g/mol. The SMILES string of the molecule is CC/C=C/CC(O)/C=C/C=C/CCCCCCCC(=O)OC[C@H](COP(=O)(O)OCC[N+](C)(C)C)OC(=O)CCCCCCC/C=C\CCCCCCCC. The minimum Gasteiger partial charge on any atom is -0.462 e. The molecule has 2 N–H and O–H groups in total. The van der Waals surface area contributed by atoms with E-state index in [2.05, 4.69) is 32.1 Å². The Hall–Kier alpha value is -2.07. The number of rotatable bonds is 38. The number of hydrogen-bond donors (Lipinski definition) is 2. The van der Waals surface area contributed by atoms with E-state index in [1.807, 2.05) is 45.4 Å². The Labute approximate surface area is 336 Å². The van der Waals surface area contributed by atoms with Gasteiger partial charge in [-0.05, 0) is 64.2 Å². The third kappa shape index (κ3) is 39.9. The number of allylic oxidation sites excluding steroid dienone is 6. The van der Waals surface area contributed by atoms with Crippen LogP contribution in [0.5, 0.6) is 0 Å². The Morgan fingerprint density at radius 3 is 1.78 bits per heavy atom. The third-order valence-electron chi connectivity index (χ3n) is 8.92. The molecule has 0 aliphatic rings. The zero-order chi connectivity index (χ0) is 40.9. The number of likely N-dealkylation sites (N-methyl/N-ethyl adjacent to an activating group) is 1. The van der Waals surface area contributed by atoms with Crippen molar-refractivity contribution in [2.24, 2.45) is 0 Å². The Kier molecular flexibility index (Phi) is 34.9. The molecule has 0 aliphatic heterocycles. The average molecular weight is 799 g/mol. The zero-order valence-corrected chi connectivity index (χ0v) is 36.4. The zero-order valence-electron chi connectivity index (χ0n) is 35.5. The number of phosphoric acid groups is 1. The van der Waals surface area contributed by atoms with Crippen molar-refractivity contribution in [1.82, 2.24) is 0 Å². The maximum atomic E-state index is 12.7. The molecule has 0 aromatic rings. The first-order chi connectivity index (χ1) is 26.4. The van der Waals surface area contributed by atoms with Crippen molar-refractivity contribution >= 4 is 19.8 Å². The second-order valence-corrected chi connectivity index (χ2v) is 17.0. The molecule has 0 fully saturated rings. The van der Waals surface area contributed by atoms with E-state index in [0.717, 1.165) is 70.6 Å². The summed E-state index contributed by atoms with van der Waals surface area (Å²) in [5.74, 6) is -0.865. The predicted octanol–water partition coefficient (Wildman–Crippen LogP) is 10.9. The molecule has 320 valence electrons. The van der Waals surface area contributed by atoms with Gasteiger partial charge < -0.3 is 24.0 Å². The summed E-state index contributed by atoms with van der Waals surface area (Å²) in [5, 5.41) is 9.87. The minimum absolute atomic E-state index is 0.0165. The van der Waals surface area contributed by atoms with Gasteiger partial charge in [0.1, 0.15) is 19.8 Å². The standard InChI is InChI=1S/C44H80NO9P/c1-6-8-10-11-12-13-14-15-16-17-18-21-25-28-32-36-44(48)54-42(40-53-55(49,50)52-38-37-45(3,4)5)39-51-43(47)35-31-27-24-22-19-20-23-26-30-34-41(46)33-29-9-7-2/h9,15-16,23,26,29-30,34,41-42,46H,6-8,10-14,17-22,24-25,27-28,31-33,35-40H2,1-5H3/p+1/b16-15-,26-23+,29-9+,34-30+/t41?,42-/m1/s1. The molecule has 11 heteroatoms. The number of unbranched alkanes of at least 4 members (excludes halogenated alkanes) is 16. The van der Waals surface area contributed by atoms with Crippen molar-refractivity contribution in [2.45, 2.75) is 174 Å². The summed E-state index contributed by atoms with van der Waals surface area (Å²) in [5.41, 5.74) is 0. The van der Waals surface area contributed by atoms with Crippen LogP contribution in [0.3, 0.4) is 0 Å². The van der Waals surface area contributed by atoms with Crippen molar-refractivity contribution in [3.8, 4) is 0 Å². The van der Waals surface area contributed by atoms with E-state index in [1.165, 1.54) is 44.9 Å². The fourth-order valence-electron chi connectivity index (χ4n) is 5.51. The molecule has 0 amide bonds. The molecule has 0 bridgehead atoms. The van der Waals surface area contributed by atoms with Crippen LogP contribution in [0.2, 0.25) is 0 Å². The van der Waals surface area contributed by atoms with Crippen LogP contribution in [0.15, 0.2) is 48.6 Å². The smallest absolute Gasteiger partial charge is 0.462 e. The maximum Gasteiger partial charge on any atom is 0.472 e. The summed E-state index contributed by atoms with van der Waals surface area (Å²) in [6, 6.07) is 0. The molecule has 10 nitrogen and oxygen atoms in total. The number of carbonyl (C=O) groups is 2. The first-order valence-corrected chi connectivity index (χ1v) is 23.0. The molecule has 0 rings (SSSR count). The van der Waals surface area contributed by atoms with Gasteiger partial charge in [-0.1, -0.05) is 133 Å². The molecule has 0 heterocycles. The highest BCUT2D eigenvalue weighted by Crippen LogP contribution is 2.43. The van der Waals surface area contributed by atoms with E-state index in [4.69, 9.17) is 18.5 Å². The highest BCUT2D eigenvalue weighted by molar-refractivity contribution is 7.47. The van der Waals surface area contributed by atoms with Crippen LogP contribution >= 0.6 is 7.82 Å². The lowest BCUT2D eigenvalue weighted by atomic mass is 10.1. The largest absolute Gasteiger partial charge is 0.472 e. The van der Waals surface area contributed by atoms with Crippen LogP contribution in [0.1, 0.15) is 162 Å². The average Bonchev–Trinajstić information content (AvgIpc) is 3.12. The van der Waals surface area contributed by atoms with Crippen molar-refractivity contribution in [3.63, 3.8) is 0 Å². The second kappa shape index (κ2) is 36.3. The van der Waals surface area contributed by atoms with Gasteiger partial charge in [0, 0.05) is 12.8 Å². The first-order valence-electron chi connectivity index (χ1n) is 21.5. The fourth-order valence-corrected chi connectivity index (χ4v) is 6.26. The molecular formula is C44H81NO9P+. The van der Waals surface area contributed by atoms with Gasteiger partial charge in [0.25, 0.3) is 0 Å². The maximum absolute atomic E-state index is 12.7. The normalized spacial score (nSPS) is 14.7. The number of phosphoric ester groups is 1. The third-order valence-corrected chi connectivity index (χ3v) is 9.91. The lowest BCUT2D eigenvalue weighted by Crippen LogP contribution is -2.37.